The van der Waals surface area contributed by atoms with Gasteiger partial charge in [0.1, 0.15) is 23.8 Å². The number of amides is 1. The van der Waals surface area contributed by atoms with Gasteiger partial charge in [-0.05, 0) is 81.6 Å². The fraction of sp³-hybridized carbons (Fsp3) is 0.387. The number of fused-ring (bicyclic) bond motifs is 1. The number of nitrogens with one attached hydrogen (secondary N) is 1. The summed E-state index contributed by atoms with van der Waals surface area (Å²) in [5.74, 6) is 1.68. The molecule has 2 aromatic carbocycles. The number of carbonyl (C=O) groups excluding carboxylic acids is 1. The lowest BCUT2D eigenvalue weighted by Crippen LogP contribution is -2.32. The molecule has 0 bridgehead atoms. The summed E-state index contributed by atoms with van der Waals surface area (Å²) in [6.45, 7) is 10.0. The van der Waals surface area contributed by atoms with Crippen molar-refractivity contribution in [2.75, 3.05) is 26.2 Å². The molecule has 8 heteroatoms. The highest BCUT2D eigenvalue weighted by molar-refractivity contribution is 7.17. The van der Waals surface area contributed by atoms with E-state index in [1.165, 1.54) is 25.9 Å². The first-order valence-corrected chi connectivity index (χ1v) is 14.4. The van der Waals surface area contributed by atoms with Gasteiger partial charge in [-0.2, -0.15) is 0 Å². The lowest BCUT2D eigenvalue weighted by molar-refractivity contribution is 0.0523. The van der Waals surface area contributed by atoms with Crippen molar-refractivity contribution in [3.63, 3.8) is 0 Å². The third-order valence-electron chi connectivity index (χ3n) is 6.60. The Balaban J connectivity index is 1.23. The largest absolute Gasteiger partial charge is 0.492 e. The maximum absolute atomic E-state index is 12.1. The average molecular weight is 545 g/mol. The maximum atomic E-state index is 12.1. The van der Waals surface area contributed by atoms with E-state index < -0.39 is 11.7 Å². The van der Waals surface area contributed by atoms with Crippen molar-refractivity contribution in [2.24, 2.45) is 0 Å². The number of carbonyl (C=O) groups is 1. The van der Waals surface area contributed by atoms with E-state index >= 15 is 0 Å². The van der Waals surface area contributed by atoms with Crippen LogP contribution in [-0.2, 0) is 17.7 Å². The Kier molecular flexibility index (Phi) is 8.43. The lowest BCUT2D eigenvalue weighted by Gasteiger charge is -2.19. The van der Waals surface area contributed by atoms with Gasteiger partial charge in [-0.25, -0.2) is 14.8 Å². The number of benzene rings is 2. The van der Waals surface area contributed by atoms with Crippen molar-refractivity contribution >= 4 is 27.6 Å². The van der Waals surface area contributed by atoms with Crippen LogP contribution < -0.4 is 10.1 Å². The summed E-state index contributed by atoms with van der Waals surface area (Å²) < 4.78 is 12.3. The molecular formula is C31H36N4O3S. The van der Waals surface area contributed by atoms with Gasteiger partial charge in [0.25, 0.3) is 0 Å². The van der Waals surface area contributed by atoms with Gasteiger partial charge < -0.3 is 14.8 Å². The molecule has 1 aliphatic heterocycles. The van der Waals surface area contributed by atoms with Gasteiger partial charge in [0.2, 0.25) is 0 Å². The van der Waals surface area contributed by atoms with E-state index in [9.17, 15) is 4.79 Å². The van der Waals surface area contributed by atoms with Crippen molar-refractivity contribution in [1.82, 2.24) is 20.2 Å². The van der Waals surface area contributed by atoms with Gasteiger partial charge in [0.05, 0.1) is 10.2 Å². The third kappa shape index (κ3) is 7.55. The molecule has 1 aliphatic rings. The molecule has 0 radical (unpaired) electrons. The smallest absolute Gasteiger partial charge is 0.407 e. The average Bonchev–Trinajstić information content (AvgIpc) is 3.58. The summed E-state index contributed by atoms with van der Waals surface area (Å²) in [7, 11) is 0. The minimum atomic E-state index is -0.526. The molecule has 1 saturated heterocycles. The summed E-state index contributed by atoms with van der Waals surface area (Å²) in [6.07, 6.45) is 4.74. The number of thiophene rings is 1. The number of likely N-dealkylation sites (tertiary alicyclic amines) is 1. The number of hydrogen-bond donors (Lipinski definition) is 1. The number of hydrogen-bond acceptors (Lipinski definition) is 7. The standard InChI is InChI=1S/C31H36N4O3S/c1-31(2,3)38-30(36)33-19-23-7-6-8-24(17-23)26-21-39-27-20-32-28(34-29(26)27)18-22-9-11-25(12-10-22)37-16-15-35-13-4-5-14-35/h6-12,17,20-21H,4-5,13-16,18-19H2,1-3H3,(H,33,36). The Morgan fingerprint density at radius 2 is 1.87 bits per heavy atom. The molecule has 1 fully saturated rings. The Bertz CT molecular complexity index is 1410. The van der Waals surface area contributed by atoms with Gasteiger partial charge in [-0.1, -0.05) is 30.3 Å². The van der Waals surface area contributed by atoms with Gasteiger partial charge >= 0.3 is 6.09 Å². The summed E-state index contributed by atoms with van der Waals surface area (Å²) in [4.78, 5) is 24.1. The Morgan fingerprint density at radius 3 is 2.64 bits per heavy atom. The predicted molar refractivity (Wildman–Crippen MR) is 156 cm³/mol. The first-order valence-electron chi connectivity index (χ1n) is 13.6. The van der Waals surface area contributed by atoms with Crippen LogP contribution in [0.3, 0.4) is 0 Å². The minimum Gasteiger partial charge on any atom is -0.492 e. The minimum absolute atomic E-state index is 0.392. The van der Waals surface area contributed by atoms with Crippen LogP contribution >= 0.6 is 11.3 Å². The molecular weight excluding hydrogens is 508 g/mol. The van der Waals surface area contributed by atoms with E-state index in [0.717, 1.165) is 57.2 Å². The molecule has 1 N–H and O–H groups in total. The molecule has 7 nitrogen and oxygen atoms in total. The molecule has 39 heavy (non-hydrogen) atoms. The number of alkyl carbamates (subject to hydrolysis) is 1. The summed E-state index contributed by atoms with van der Waals surface area (Å²) in [6, 6.07) is 16.4. The normalized spacial score (nSPS) is 14.0. The van der Waals surface area contributed by atoms with Crippen molar-refractivity contribution in [1.29, 1.82) is 0 Å². The van der Waals surface area contributed by atoms with Gasteiger partial charge in [0.15, 0.2) is 0 Å². The monoisotopic (exact) mass is 544 g/mol. The molecule has 2 aromatic heterocycles. The van der Waals surface area contributed by atoms with Crippen LogP contribution in [0.15, 0.2) is 60.1 Å². The molecule has 3 heterocycles. The van der Waals surface area contributed by atoms with Crippen molar-refractivity contribution in [3.05, 3.63) is 77.1 Å². The van der Waals surface area contributed by atoms with Crippen LogP contribution in [0, 0.1) is 0 Å². The first-order chi connectivity index (χ1) is 18.8. The SMILES string of the molecule is CC(C)(C)OC(=O)NCc1cccc(-c2csc3cnc(Cc4ccc(OCCN5CCCC5)cc4)nc23)c1. The fourth-order valence-corrected chi connectivity index (χ4v) is 5.55. The van der Waals surface area contributed by atoms with Gasteiger partial charge in [-0.15, -0.1) is 11.3 Å². The molecule has 0 spiro atoms. The predicted octanol–water partition coefficient (Wildman–Crippen LogP) is 6.45. The molecule has 5 rings (SSSR count). The topological polar surface area (TPSA) is 76.6 Å². The zero-order valence-corrected chi connectivity index (χ0v) is 23.7. The molecule has 204 valence electrons. The van der Waals surface area contributed by atoms with Crippen LogP contribution in [0.25, 0.3) is 21.3 Å². The zero-order valence-electron chi connectivity index (χ0n) is 22.9. The van der Waals surface area contributed by atoms with Gasteiger partial charge in [0, 0.05) is 36.7 Å². The number of ether oxygens (including phenoxy) is 2. The van der Waals surface area contributed by atoms with E-state index in [2.05, 4.69) is 44.8 Å². The van der Waals surface area contributed by atoms with Crippen molar-refractivity contribution < 1.29 is 14.3 Å². The molecule has 0 atom stereocenters. The highest BCUT2D eigenvalue weighted by Crippen LogP contribution is 2.33. The van der Waals surface area contributed by atoms with E-state index in [-0.39, 0.29) is 0 Å². The molecule has 4 aromatic rings. The van der Waals surface area contributed by atoms with Crippen LogP contribution in [-0.4, -0.2) is 52.8 Å². The maximum Gasteiger partial charge on any atom is 0.407 e. The first kappa shape index (κ1) is 27.1. The second-order valence-electron chi connectivity index (χ2n) is 10.9. The van der Waals surface area contributed by atoms with E-state index in [0.29, 0.717) is 13.0 Å². The number of nitrogens with zero attached hydrogens (tertiary/aromatic N) is 3. The van der Waals surface area contributed by atoms with Crippen LogP contribution in [0.4, 0.5) is 4.79 Å². The molecule has 0 unspecified atom stereocenters. The molecule has 0 aliphatic carbocycles. The van der Waals surface area contributed by atoms with Crippen molar-refractivity contribution in [2.45, 2.75) is 52.2 Å². The zero-order chi connectivity index (χ0) is 27.2. The van der Waals surface area contributed by atoms with Crippen LogP contribution in [0.5, 0.6) is 5.75 Å². The summed E-state index contributed by atoms with van der Waals surface area (Å²) in [5.41, 5.74) is 4.69. The second-order valence-corrected chi connectivity index (χ2v) is 11.8. The number of rotatable bonds is 9. The van der Waals surface area contributed by atoms with E-state index in [1.54, 1.807) is 11.3 Å². The Morgan fingerprint density at radius 1 is 1.08 bits per heavy atom. The fourth-order valence-electron chi connectivity index (χ4n) is 4.68. The third-order valence-corrected chi connectivity index (χ3v) is 7.50. The van der Waals surface area contributed by atoms with Crippen LogP contribution in [0.1, 0.15) is 50.6 Å². The summed E-state index contributed by atoms with van der Waals surface area (Å²) >= 11 is 1.64. The molecule has 0 saturated carbocycles. The van der Waals surface area contributed by atoms with E-state index in [1.807, 2.05) is 51.2 Å². The second kappa shape index (κ2) is 12.1. The Labute approximate surface area is 234 Å². The van der Waals surface area contributed by atoms with Crippen LogP contribution in [0.2, 0.25) is 0 Å². The van der Waals surface area contributed by atoms with Gasteiger partial charge in [-0.3, -0.25) is 4.90 Å². The number of aromatic nitrogens is 2. The van der Waals surface area contributed by atoms with Crippen molar-refractivity contribution in [3.8, 4) is 16.9 Å². The molecule has 1 amide bonds. The highest BCUT2D eigenvalue weighted by Gasteiger charge is 2.16. The lowest BCUT2D eigenvalue weighted by atomic mass is 10.0. The van der Waals surface area contributed by atoms with E-state index in [4.69, 9.17) is 14.5 Å². The summed E-state index contributed by atoms with van der Waals surface area (Å²) in [5, 5.41) is 4.96. The quantitative estimate of drug-likeness (QED) is 0.261. The Hall–Kier alpha value is -3.49. The highest BCUT2D eigenvalue weighted by atomic mass is 32.1.